The fourth-order valence-corrected chi connectivity index (χ4v) is 2.45. The van der Waals surface area contributed by atoms with Gasteiger partial charge in [0.25, 0.3) is 11.8 Å². The molecular formula is C21H16F2N2O2. The molecule has 136 valence electrons. The van der Waals surface area contributed by atoms with Crippen LogP contribution in [0.5, 0.6) is 0 Å². The van der Waals surface area contributed by atoms with Gasteiger partial charge in [0.05, 0.1) is 5.69 Å². The van der Waals surface area contributed by atoms with Gasteiger partial charge in [-0.1, -0.05) is 30.3 Å². The highest BCUT2D eigenvalue weighted by Gasteiger charge is 2.12. The number of para-hydroxylation sites is 1. The summed E-state index contributed by atoms with van der Waals surface area (Å²) in [5, 5.41) is 5.18. The molecule has 6 heteroatoms. The Bertz CT molecular complexity index is 972. The van der Waals surface area contributed by atoms with Crippen LogP contribution in [0, 0.1) is 11.6 Å². The van der Waals surface area contributed by atoms with Crippen molar-refractivity contribution in [3.63, 3.8) is 0 Å². The van der Waals surface area contributed by atoms with E-state index in [9.17, 15) is 18.4 Å². The topological polar surface area (TPSA) is 58.2 Å². The van der Waals surface area contributed by atoms with Gasteiger partial charge < -0.3 is 10.6 Å². The second-order valence-electron chi connectivity index (χ2n) is 5.82. The van der Waals surface area contributed by atoms with Crippen LogP contribution in [0.1, 0.15) is 26.3 Å². The van der Waals surface area contributed by atoms with Gasteiger partial charge in [0.15, 0.2) is 0 Å². The molecule has 27 heavy (non-hydrogen) atoms. The average Bonchev–Trinajstić information content (AvgIpc) is 2.69. The van der Waals surface area contributed by atoms with Crippen molar-refractivity contribution in [3.05, 3.63) is 101 Å². The molecule has 3 rings (SSSR count). The second-order valence-corrected chi connectivity index (χ2v) is 5.82. The maximum absolute atomic E-state index is 13.7. The zero-order valence-electron chi connectivity index (χ0n) is 14.2. The lowest BCUT2D eigenvalue weighted by molar-refractivity contribution is 0.0951. The van der Waals surface area contributed by atoms with E-state index in [1.807, 2.05) is 0 Å². The summed E-state index contributed by atoms with van der Waals surface area (Å²) in [4.78, 5) is 24.6. The van der Waals surface area contributed by atoms with E-state index in [-0.39, 0.29) is 29.5 Å². The summed E-state index contributed by atoms with van der Waals surface area (Å²) >= 11 is 0. The van der Waals surface area contributed by atoms with Gasteiger partial charge in [-0.15, -0.1) is 0 Å². The fraction of sp³-hybridized carbons (Fsp3) is 0.0476. The van der Waals surface area contributed by atoms with Crippen molar-refractivity contribution in [2.24, 2.45) is 0 Å². The SMILES string of the molecule is O=C(NCc1ccc(F)cc1)c1cccc(C(=O)Nc2ccccc2F)c1. The molecule has 0 aliphatic heterocycles. The van der Waals surface area contributed by atoms with Crippen molar-refractivity contribution in [2.45, 2.75) is 6.54 Å². The van der Waals surface area contributed by atoms with Crippen LogP contribution in [0.25, 0.3) is 0 Å². The van der Waals surface area contributed by atoms with Crippen LogP contribution in [0.15, 0.2) is 72.8 Å². The third kappa shape index (κ3) is 4.76. The lowest BCUT2D eigenvalue weighted by atomic mass is 10.1. The number of hydrogen-bond donors (Lipinski definition) is 2. The molecule has 0 saturated heterocycles. The largest absolute Gasteiger partial charge is 0.348 e. The molecule has 3 aromatic carbocycles. The van der Waals surface area contributed by atoms with Crippen LogP contribution >= 0.6 is 0 Å². The van der Waals surface area contributed by atoms with Crippen molar-refractivity contribution in [3.8, 4) is 0 Å². The van der Waals surface area contributed by atoms with Gasteiger partial charge in [-0.2, -0.15) is 0 Å². The third-order valence-corrected chi connectivity index (χ3v) is 3.88. The first-order valence-electron chi connectivity index (χ1n) is 8.21. The van der Waals surface area contributed by atoms with Crippen molar-refractivity contribution in [1.82, 2.24) is 5.32 Å². The van der Waals surface area contributed by atoms with Crippen molar-refractivity contribution in [2.75, 3.05) is 5.32 Å². The van der Waals surface area contributed by atoms with Crippen molar-refractivity contribution < 1.29 is 18.4 Å². The zero-order valence-corrected chi connectivity index (χ0v) is 14.2. The molecule has 0 radical (unpaired) electrons. The predicted octanol–water partition coefficient (Wildman–Crippen LogP) is 4.15. The van der Waals surface area contributed by atoms with Crippen molar-refractivity contribution in [1.29, 1.82) is 0 Å². The zero-order chi connectivity index (χ0) is 19.2. The monoisotopic (exact) mass is 366 g/mol. The Morgan fingerprint density at radius 1 is 0.778 bits per heavy atom. The maximum atomic E-state index is 13.7. The Morgan fingerprint density at radius 2 is 1.44 bits per heavy atom. The molecule has 0 aromatic heterocycles. The number of halogens is 2. The van der Waals surface area contributed by atoms with Crippen LogP contribution in [-0.2, 0) is 6.54 Å². The molecule has 0 saturated carbocycles. The Hall–Kier alpha value is -3.54. The van der Waals surface area contributed by atoms with Crippen LogP contribution < -0.4 is 10.6 Å². The minimum absolute atomic E-state index is 0.0636. The van der Waals surface area contributed by atoms with Gasteiger partial charge in [0.1, 0.15) is 11.6 Å². The van der Waals surface area contributed by atoms with E-state index in [1.165, 1.54) is 42.5 Å². The summed E-state index contributed by atoms with van der Waals surface area (Å²) in [5.41, 5.74) is 1.33. The maximum Gasteiger partial charge on any atom is 0.255 e. The number of amides is 2. The van der Waals surface area contributed by atoms with Gasteiger partial charge in [-0.25, -0.2) is 8.78 Å². The first-order chi connectivity index (χ1) is 13.0. The quantitative estimate of drug-likeness (QED) is 0.713. The Morgan fingerprint density at radius 3 is 2.15 bits per heavy atom. The number of carbonyl (C=O) groups is 2. The van der Waals surface area contributed by atoms with Gasteiger partial charge >= 0.3 is 0 Å². The van der Waals surface area contributed by atoms with E-state index in [0.29, 0.717) is 5.56 Å². The van der Waals surface area contributed by atoms with Crippen LogP contribution in [0.3, 0.4) is 0 Å². The number of nitrogens with one attached hydrogen (secondary N) is 2. The van der Waals surface area contributed by atoms with E-state index in [0.717, 1.165) is 5.56 Å². The smallest absolute Gasteiger partial charge is 0.255 e. The minimum Gasteiger partial charge on any atom is -0.348 e. The Balaban J connectivity index is 1.67. The Labute approximate surface area is 154 Å². The van der Waals surface area contributed by atoms with Gasteiger partial charge in [0.2, 0.25) is 0 Å². The second kappa shape index (κ2) is 8.23. The minimum atomic E-state index is -0.543. The lowest BCUT2D eigenvalue weighted by Gasteiger charge is -2.09. The molecule has 0 heterocycles. The summed E-state index contributed by atoms with van der Waals surface area (Å²) in [7, 11) is 0. The van der Waals surface area contributed by atoms with Crippen LogP contribution in [0.2, 0.25) is 0 Å². The predicted molar refractivity (Wildman–Crippen MR) is 98.4 cm³/mol. The van der Waals surface area contributed by atoms with Gasteiger partial charge in [-0.05, 0) is 48.0 Å². The highest BCUT2D eigenvalue weighted by atomic mass is 19.1. The highest BCUT2D eigenvalue weighted by molar-refractivity contribution is 6.06. The molecular weight excluding hydrogens is 350 g/mol. The molecule has 0 spiro atoms. The van der Waals surface area contributed by atoms with Crippen LogP contribution in [-0.4, -0.2) is 11.8 Å². The average molecular weight is 366 g/mol. The molecule has 2 amide bonds. The molecule has 0 aliphatic carbocycles. The molecule has 0 unspecified atom stereocenters. The molecule has 4 nitrogen and oxygen atoms in total. The van der Waals surface area contributed by atoms with E-state index in [4.69, 9.17) is 0 Å². The van der Waals surface area contributed by atoms with Crippen LogP contribution in [0.4, 0.5) is 14.5 Å². The number of hydrogen-bond acceptors (Lipinski definition) is 2. The van der Waals surface area contributed by atoms with E-state index in [1.54, 1.807) is 30.3 Å². The standard InChI is InChI=1S/C21H16F2N2O2/c22-17-10-8-14(9-11-17)13-24-20(26)15-4-3-5-16(12-15)21(27)25-19-7-2-1-6-18(19)23/h1-12H,13H2,(H,24,26)(H,25,27). The molecule has 0 aliphatic rings. The number of benzene rings is 3. The molecule has 2 N–H and O–H groups in total. The molecule has 0 bridgehead atoms. The highest BCUT2D eigenvalue weighted by Crippen LogP contribution is 2.15. The third-order valence-electron chi connectivity index (χ3n) is 3.88. The van der Waals surface area contributed by atoms with Gasteiger partial charge in [0, 0.05) is 17.7 Å². The first kappa shape index (κ1) is 18.3. The van der Waals surface area contributed by atoms with E-state index < -0.39 is 11.7 Å². The summed E-state index contributed by atoms with van der Waals surface area (Å²) in [6, 6.07) is 17.7. The molecule has 0 fully saturated rings. The van der Waals surface area contributed by atoms with E-state index >= 15 is 0 Å². The van der Waals surface area contributed by atoms with Gasteiger partial charge in [-0.3, -0.25) is 9.59 Å². The molecule has 3 aromatic rings. The lowest BCUT2D eigenvalue weighted by Crippen LogP contribution is -2.23. The summed E-state index contributed by atoms with van der Waals surface area (Å²) in [6.45, 7) is 0.227. The Kier molecular flexibility index (Phi) is 5.56. The van der Waals surface area contributed by atoms with Crippen molar-refractivity contribution >= 4 is 17.5 Å². The number of anilines is 1. The fourth-order valence-electron chi connectivity index (χ4n) is 2.45. The first-order valence-corrected chi connectivity index (χ1v) is 8.21. The summed E-state index contributed by atoms with van der Waals surface area (Å²) < 4.78 is 26.6. The number of carbonyl (C=O) groups excluding carboxylic acids is 2. The van der Waals surface area contributed by atoms with E-state index in [2.05, 4.69) is 10.6 Å². The summed E-state index contributed by atoms with van der Waals surface area (Å²) in [5.74, 6) is -1.79. The normalized spacial score (nSPS) is 10.3. The summed E-state index contributed by atoms with van der Waals surface area (Å²) in [6.07, 6.45) is 0. The number of rotatable bonds is 5. The molecule has 0 atom stereocenters.